The number of piperidine rings is 1. The fourth-order valence-corrected chi connectivity index (χ4v) is 12.2. The number of aromatic hydroxyl groups is 1. The van der Waals surface area contributed by atoms with Gasteiger partial charge in [0.25, 0.3) is 11.7 Å². The van der Waals surface area contributed by atoms with Gasteiger partial charge in [0, 0.05) is 100 Å². The van der Waals surface area contributed by atoms with E-state index in [9.17, 15) is 48.9 Å². The van der Waals surface area contributed by atoms with E-state index in [0.29, 0.717) is 24.9 Å². The highest BCUT2D eigenvalue weighted by Crippen LogP contribution is 2.50. The summed E-state index contributed by atoms with van der Waals surface area (Å²) in [5.74, 6) is -12.4. The molecular formula is C61H72FN5O16. The van der Waals surface area contributed by atoms with Gasteiger partial charge in [0.05, 0.1) is 70.8 Å². The van der Waals surface area contributed by atoms with Gasteiger partial charge in [-0.25, -0.2) is 4.39 Å². The Labute approximate surface area is 479 Å². The van der Waals surface area contributed by atoms with Gasteiger partial charge in [0.2, 0.25) is 17.5 Å². The molecule has 2 saturated heterocycles. The number of nitrogens with one attached hydrogen (secondary N) is 2. The number of pyridine rings is 1. The van der Waals surface area contributed by atoms with E-state index in [2.05, 4.69) is 10.6 Å². The second-order valence-electron chi connectivity index (χ2n) is 23.1. The maximum atomic E-state index is 16.4. The lowest BCUT2D eigenvalue weighted by atomic mass is 9.78. The number of ketones is 4. The maximum Gasteiger partial charge on any atom is 0.312 e. The number of aliphatic hydroxyl groups is 2. The van der Waals surface area contributed by atoms with E-state index in [-0.39, 0.29) is 76.2 Å². The molecule has 22 heteroatoms. The number of anilines is 1. The number of benzene rings is 2. The van der Waals surface area contributed by atoms with Crippen molar-refractivity contribution in [2.75, 3.05) is 45.3 Å². The Morgan fingerprint density at radius 3 is 2.22 bits per heavy atom. The summed E-state index contributed by atoms with van der Waals surface area (Å²) in [5.41, 5.74) is -2.51. The Morgan fingerprint density at radius 1 is 0.880 bits per heavy atom. The third-order valence-corrected chi connectivity index (χ3v) is 17.3. The van der Waals surface area contributed by atoms with Crippen LogP contribution in [-0.4, -0.2) is 142 Å². The summed E-state index contributed by atoms with van der Waals surface area (Å²) in [6.07, 6.45) is 7.12. The first-order valence-electron chi connectivity index (χ1n) is 28.0. The molecule has 5 N–H and O–H groups in total. The van der Waals surface area contributed by atoms with Crippen LogP contribution in [0, 0.1) is 42.3 Å². The third-order valence-electron chi connectivity index (χ3n) is 17.3. The number of hydrogen-bond donors (Lipinski definition) is 5. The van der Waals surface area contributed by atoms with Gasteiger partial charge >= 0.3 is 11.8 Å². The predicted octanol–water partition coefficient (Wildman–Crippen LogP) is 5.68. The number of ether oxygens (including phenoxy) is 5. The van der Waals surface area contributed by atoms with E-state index < -0.39 is 141 Å². The summed E-state index contributed by atoms with van der Waals surface area (Å²) in [4.78, 5) is 115. The van der Waals surface area contributed by atoms with Crippen molar-refractivity contribution in [3.05, 3.63) is 104 Å². The molecule has 83 heavy (non-hydrogen) atoms. The minimum Gasteiger partial charge on any atom is -0.507 e. The van der Waals surface area contributed by atoms with Crippen LogP contribution in [0.2, 0.25) is 0 Å². The first kappa shape index (κ1) is 59.9. The monoisotopic (exact) mass is 1150 g/mol. The zero-order chi connectivity index (χ0) is 60.4. The van der Waals surface area contributed by atoms with E-state index in [1.165, 1.54) is 78.2 Å². The quantitative estimate of drug-likeness (QED) is 0.127. The smallest absolute Gasteiger partial charge is 0.312 e. The maximum absolute atomic E-state index is 16.4. The highest BCUT2D eigenvalue weighted by atomic mass is 19.1. The Morgan fingerprint density at radius 2 is 1.58 bits per heavy atom. The first-order valence-corrected chi connectivity index (χ1v) is 28.0. The number of phenols is 1. The molecule has 5 bridgehead atoms. The molecule has 1 unspecified atom stereocenters. The molecule has 3 fully saturated rings. The fourth-order valence-electron chi connectivity index (χ4n) is 12.2. The molecule has 2 amide bonds. The van der Waals surface area contributed by atoms with Crippen molar-refractivity contribution in [3.63, 3.8) is 0 Å². The van der Waals surface area contributed by atoms with Crippen molar-refractivity contribution in [3.8, 4) is 17.2 Å². The molecule has 1 saturated carbocycles. The van der Waals surface area contributed by atoms with Gasteiger partial charge in [-0.05, 0) is 58.6 Å². The number of Topliss-reactive ketones (excluding diaryl/α,β-unsaturated/α-hetero) is 4. The number of methoxy groups -OCH3 is 2. The van der Waals surface area contributed by atoms with Crippen molar-refractivity contribution in [1.82, 2.24) is 20.1 Å². The lowest BCUT2D eigenvalue weighted by Crippen LogP contribution is -2.58. The zero-order valence-electron chi connectivity index (χ0n) is 48.4. The summed E-state index contributed by atoms with van der Waals surface area (Å²) in [5, 5.41) is 40.6. The number of nitrogens with zero attached hydrogens (tertiary/aromatic N) is 3. The molecule has 2 aromatic carbocycles. The Hall–Kier alpha value is -7.69. The molecule has 7 aliphatic rings. The van der Waals surface area contributed by atoms with Crippen LogP contribution in [0.25, 0.3) is 10.9 Å². The number of carbonyl (C=O) groups is 7. The van der Waals surface area contributed by atoms with Crippen molar-refractivity contribution >= 4 is 57.5 Å². The second-order valence-corrected chi connectivity index (χ2v) is 23.1. The van der Waals surface area contributed by atoms with Gasteiger partial charge in [-0.3, -0.25) is 38.4 Å². The molecule has 0 radical (unpaired) electrons. The molecule has 1 aromatic heterocycles. The number of carbonyl (C=O) groups excluding carboxylic acids is 7. The van der Waals surface area contributed by atoms with Crippen LogP contribution < -0.4 is 30.4 Å². The number of hydrogen-bond acceptors (Lipinski definition) is 18. The lowest BCUT2D eigenvalue weighted by Gasteiger charge is -2.43. The van der Waals surface area contributed by atoms with Gasteiger partial charge in [-0.1, -0.05) is 45.9 Å². The number of rotatable bonds is 9. The molecule has 2 aliphatic carbocycles. The molecule has 444 valence electrons. The Bertz CT molecular complexity index is 3430. The van der Waals surface area contributed by atoms with Crippen LogP contribution in [0.4, 0.5) is 10.1 Å². The number of aromatic nitrogens is 1. The van der Waals surface area contributed by atoms with Gasteiger partial charge in [-0.15, -0.1) is 0 Å². The summed E-state index contributed by atoms with van der Waals surface area (Å²) >= 11 is 0. The van der Waals surface area contributed by atoms with E-state index >= 15 is 9.18 Å². The third kappa shape index (κ3) is 10.8. The standard InChI is InChI=1S/C61H72FN5O16/c1-27-14-12-15-28(2)59(77)64-45-48(66-23-35(24-66)60(78)63-36-16-13-20-65(25-36)47-40(62)22-38-46(57(47)80-11)67(37-17-18-37)26-39(33(7)68)52(38)73)54(75)42-43(53(45)74)51(72)32(6)56-44(42)58(76)61(9,83-56)81-21-19-41(79-10)29(3)55(82-34(8)69)31(5)50(71)30(4)49(27)70/h12,14-15,19,21-22,26-27,29-31,35-37,41,49-50,55,70-72H,13,16-18,20,23-25H2,1-11H3,(H,63,78)(H,64,77)/b14-12+,21-19+,28-15-/t27-,29+,30+,31+,36?,41-,49-,50+,55+,61-/m0/s1. The van der Waals surface area contributed by atoms with Gasteiger partial charge in [-0.2, -0.15) is 0 Å². The van der Waals surface area contributed by atoms with Crippen LogP contribution in [-0.2, 0) is 28.6 Å². The summed E-state index contributed by atoms with van der Waals surface area (Å²) in [6, 6.07) is 0.622. The van der Waals surface area contributed by atoms with Crippen LogP contribution in [0.5, 0.6) is 17.2 Å². The largest absolute Gasteiger partial charge is 0.507 e. The van der Waals surface area contributed by atoms with E-state index in [4.69, 9.17) is 23.7 Å². The molecule has 5 aliphatic heterocycles. The van der Waals surface area contributed by atoms with Crippen LogP contribution in [0.1, 0.15) is 134 Å². The SMILES string of the molecule is COc1c(N2CCCC(NC(=O)C3CN(C4=C5NC(=O)/C(C)=C\C=C\[C@H](C)[C@H](O)[C@@H](C)[C@@H](O)[C@@H](C)[C@H](OC(C)=O)[C@H](C)[C@@H](OC)/C=C/O[C@@]6(C)Oc7c(C)c(O)c(c(c7C6=O)C4=O)C5=O)C3)C2)c(F)cc2c(=O)c(C(C)=O)cn(C3CC3)c12. The highest BCUT2D eigenvalue weighted by molar-refractivity contribution is 6.32. The van der Waals surface area contributed by atoms with Crippen LogP contribution in [0.3, 0.4) is 0 Å². The number of phenolic OH excluding ortho intramolecular Hbond substituents is 1. The number of esters is 1. The number of allylic oxidation sites excluding steroid dienone is 4. The normalized spacial score (nSPS) is 29.5. The van der Waals surface area contributed by atoms with Crippen molar-refractivity contribution in [2.45, 2.75) is 130 Å². The average Bonchev–Trinajstić information content (AvgIpc) is 1.94. The minimum absolute atomic E-state index is 0.00993. The van der Waals surface area contributed by atoms with E-state index in [1.54, 1.807) is 38.7 Å². The summed E-state index contributed by atoms with van der Waals surface area (Å²) in [6.45, 7) is 13.7. The molecule has 10 rings (SSSR count). The zero-order valence-corrected chi connectivity index (χ0v) is 48.4. The Balaban J connectivity index is 1.03. The molecular weight excluding hydrogens is 1080 g/mol. The minimum atomic E-state index is -2.20. The lowest BCUT2D eigenvalue weighted by molar-refractivity contribution is -0.160. The summed E-state index contributed by atoms with van der Waals surface area (Å²) < 4.78 is 47.8. The van der Waals surface area contributed by atoms with Gasteiger partial charge < -0.3 is 64.0 Å². The topological polar surface area (TPSA) is 279 Å². The number of aliphatic hydroxyl groups excluding tert-OH is 2. The average molecular weight is 1150 g/mol. The number of halogens is 1. The fraction of sp³-hybridized carbons (Fsp3) is 0.508. The molecule has 3 aromatic rings. The Kier molecular flexibility index (Phi) is 16.7. The molecule has 6 heterocycles. The van der Waals surface area contributed by atoms with Crippen molar-refractivity contribution in [1.29, 1.82) is 0 Å². The summed E-state index contributed by atoms with van der Waals surface area (Å²) in [7, 11) is 2.79. The van der Waals surface area contributed by atoms with Crippen molar-refractivity contribution < 1.29 is 77.0 Å². The van der Waals surface area contributed by atoms with Crippen molar-refractivity contribution in [2.24, 2.45) is 29.6 Å². The first-order chi connectivity index (χ1) is 39.2. The van der Waals surface area contributed by atoms with E-state index in [0.717, 1.165) is 25.2 Å². The number of amides is 2. The molecule has 21 nitrogen and oxygen atoms in total. The molecule has 10 atom stereocenters. The van der Waals surface area contributed by atoms with Crippen LogP contribution >= 0.6 is 0 Å². The van der Waals surface area contributed by atoms with Gasteiger partial charge in [0.15, 0.2) is 22.8 Å². The van der Waals surface area contributed by atoms with Crippen LogP contribution in [0.15, 0.2) is 64.6 Å². The number of likely N-dealkylation sites (tertiary alicyclic amines) is 1. The highest BCUT2D eigenvalue weighted by Gasteiger charge is 2.54. The molecule has 0 spiro atoms. The predicted molar refractivity (Wildman–Crippen MR) is 300 cm³/mol. The van der Waals surface area contributed by atoms with E-state index in [1.807, 2.05) is 4.57 Å². The number of fused-ring (bicyclic) bond motifs is 15. The van der Waals surface area contributed by atoms with Gasteiger partial charge in [0.1, 0.15) is 34.7 Å². The second kappa shape index (κ2) is 23.2.